The normalized spacial score (nSPS) is 20.2. The summed E-state index contributed by atoms with van der Waals surface area (Å²) < 4.78 is 109. The maximum atomic E-state index is 14.7. The molecule has 0 aliphatic carbocycles. The van der Waals surface area contributed by atoms with Crippen molar-refractivity contribution in [1.29, 1.82) is 0 Å². The van der Waals surface area contributed by atoms with Crippen LogP contribution in [0, 0.1) is 11.6 Å². The van der Waals surface area contributed by atoms with Gasteiger partial charge in [-0.1, -0.05) is 18.2 Å². The smallest absolute Gasteiger partial charge is 0.433 e. The van der Waals surface area contributed by atoms with Crippen molar-refractivity contribution >= 4 is 17.5 Å². The number of nitrogens with one attached hydrogen (secondary N) is 1. The number of halogens is 8. The quantitative estimate of drug-likeness (QED) is 0.221. The zero-order valence-corrected chi connectivity index (χ0v) is 24.4. The van der Waals surface area contributed by atoms with Gasteiger partial charge in [0.25, 0.3) is 11.8 Å². The van der Waals surface area contributed by atoms with Crippen molar-refractivity contribution < 1.29 is 49.8 Å². The van der Waals surface area contributed by atoms with E-state index in [4.69, 9.17) is 0 Å². The molecule has 15 heteroatoms. The molecular weight excluding hydrogens is 628 g/mol. The topological polar surface area (TPSA) is 85.8 Å². The van der Waals surface area contributed by atoms with Crippen molar-refractivity contribution in [1.82, 2.24) is 15.0 Å². The third-order valence-corrected chi connectivity index (χ3v) is 8.24. The number of aliphatic hydroxyl groups excluding tert-OH is 1. The van der Waals surface area contributed by atoms with Gasteiger partial charge < -0.3 is 10.4 Å². The molecule has 0 unspecified atom stereocenters. The zero-order chi connectivity index (χ0) is 34.0. The minimum Gasteiger partial charge on any atom is -0.509 e. The van der Waals surface area contributed by atoms with Gasteiger partial charge in [0.2, 0.25) is 0 Å². The van der Waals surface area contributed by atoms with Crippen molar-refractivity contribution in [2.75, 3.05) is 5.32 Å². The average Bonchev–Trinajstić information content (AvgIpc) is 3.22. The number of hydrogen-bond acceptors (Lipinski definition) is 5. The number of aliphatic hydroxyl groups is 1. The second kappa shape index (κ2) is 11.1. The molecule has 1 aromatic heterocycles. The molecule has 7 nitrogen and oxygen atoms in total. The lowest BCUT2D eigenvalue weighted by molar-refractivity contribution is -0.177. The van der Waals surface area contributed by atoms with E-state index < -0.39 is 76.0 Å². The van der Waals surface area contributed by atoms with Crippen molar-refractivity contribution in [2.24, 2.45) is 0 Å². The van der Waals surface area contributed by atoms with Crippen LogP contribution < -0.4 is 5.32 Å². The average molecular weight is 655 g/mol. The number of anilines is 1. The summed E-state index contributed by atoms with van der Waals surface area (Å²) >= 11 is 0. The predicted molar refractivity (Wildman–Crippen MR) is 148 cm³/mol. The standard InChI is InChI=1S/C31H26F8N4O3/c1-28(2)11-12-29(3)25(44)23(27(46)42(43(28)29)15-17-5-4-6-20(32)24(17)33)26(45)41-21-9-8-18(30(34,35)36)13-19(21)16-7-10-22(40-14-16)31(37,38)39/h4-10,13-14,44H,11-12,15H2,1-3H3,(H,41,45)/t29-/m1/s1. The molecule has 2 N–H and O–H groups in total. The van der Waals surface area contributed by atoms with E-state index in [9.17, 15) is 49.8 Å². The minimum absolute atomic E-state index is 0.221. The summed E-state index contributed by atoms with van der Waals surface area (Å²) in [6.45, 7) is 4.52. The highest BCUT2D eigenvalue weighted by Gasteiger charge is 2.59. The summed E-state index contributed by atoms with van der Waals surface area (Å²) in [6, 6.07) is 6.87. The van der Waals surface area contributed by atoms with Crippen LogP contribution >= 0.6 is 0 Å². The first-order chi connectivity index (χ1) is 21.3. The molecule has 2 amide bonds. The molecule has 3 heterocycles. The largest absolute Gasteiger partial charge is 0.509 e. The lowest BCUT2D eigenvalue weighted by Crippen LogP contribution is -2.65. The van der Waals surface area contributed by atoms with E-state index in [-0.39, 0.29) is 28.8 Å². The molecule has 0 spiro atoms. The maximum absolute atomic E-state index is 14.7. The van der Waals surface area contributed by atoms with E-state index in [1.165, 1.54) is 17.1 Å². The van der Waals surface area contributed by atoms with E-state index >= 15 is 0 Å². The Labute approximate surface area is 257 Å². The summed E-state index contributed by atoms with van der Waals surface area (Å²) in [6.07, 6.45) is -8.38. The fourth-order valence-corrected chi connectivity index (χ4v) is 5.98. The molecule has 0 saturated carbocycles. The number of amides is 2. The SMILES string of the molecule is CC1(C)CC[C@]2(C)C(O)=C(C(=O)Nc3ccc(C(F)(F)F)cc3-c3ccc(C(F)(F)F)nc3)C(=O)N(Cc3cccc(F)c3F)N12. The number of nitrogens with zero attached hydrogens (tertiary/aromatic N) is 3. The summed E-state index contributed by atoms with van der Waals surface area (Å²) in [5.74, 6) is -5.40. The van der Waals surface area contributed by atoms with Gasteiger partial charge in [-0.25, -0.2) is 8.78 Å². The molecule has 3 aromatic rings. The van der Waals surface area contributed by atoms with Gasteiger partial charge in [0.15, 0.2) is 11.6 Å². The Hall–Kier alpha value is -4.53. The van der Waals surface area contributed by atoms with Crippen molar-refractivity contribution in [3.8, 4) is 11.1 Å². The van der Waals surface area contributed by atoms with Gasteiger partial charge in [0.05, 0.1) is 17.6 Å². The summed E-state index contributed by atoms with van der Waals surface area (Å²) in [7, 11) is 0. The number of hydrazine groups is 1. The van der Waals surface area contributed by atoms with Crippen molar-refractivity contribution in [3.05, 3.63) is 94.5 Å². The number of pyridine rings is 1. The minimum atomic E-state index is -4.86. The molecule has 244 valence electrons. The third-order valence-electron chi connectivity index (χ3n) is 8.24. The van der Waals surface area contributed by atoms with E-state index in [1.807, 2.05) is 0 Å². The number of carbonyl (C=O) groups is 2. The van der Waals surface area contributed by atoms with Gasteiger partial charge in [0.1, 0.15) is 17.0 Å². The first-order valence-corrected chi connectivity index (χ1v) is 13.8. The second-order valence-corrected chi connectivity index (χ2v) is 11.8. The molecule has 2 aliphatic heterocycles. The van der Waals surface area contributed by atoms with E-state index in [0.29, 0.717) is 30.8 Å². The third kappa shape index (κ3) is 5.67. The summed E-state index contributed by atoms with van der Waals surface area (Å²) in [5, 5.41) is 16.2. The number of rotatable bonds is 5. The number of benzene rings is 2. The monoisotopic (exact) mass is 654 g/mol. The van der Waals surface area contributed by atoms with Crippen molar-refractivity contribution in [3.63, 3.8) is 0 Å². The van der Waals surface area contributed by atoms with Crippen LogP contribution in [0.5, 0.6) is 0 Å². The Kier molecular flexibility index (Phi) is 7.91. The molecule has 0 bridgehead atoms. The van der Waals surface area contributed by atoms with Crippen LogP contribution in [0.3, 0.4) is 0 Å². The van der Waals surface area contributed by atoms with Crippen LogP contribution in [0.25, 0.3) is 11.1 Å². The Balaban J connectivity index is 1.58. The molecule has 1 fully saturated rings. The lowest BCUT2D eigenvalue weighted by atomic mass is 9.90. The van der Waals surface area contributed by atoms with E-state index in [0.717, 1.165) is 23.2 Å². The van der Waals surface area contributed by atoms with Crippen LogP contribution in [-0.4, -0.2) is 43.0 Å². The summed E-state index contributed by atoms with van der Waals surface area (Å²) in [4.78, 5) is 31.0. The number of aromatic nitrogens is 1. The van der Waals surface area contributed by atoms with Gasteiger partial charge in [-0.05, 0) is 63.9 Å². The van der Waals surface area contributed by atoms with E-state index in [1.54, 1.807) is 20.8 Å². The fraction of sp³-hybridized carbons (Fsp3) is 0.323. The molecule has 1 atom stereocenters. The molecule has 46 heavy (non-hydrogen) atoms. The van der Waals surface area contributed by atoms with Crippen LogP contribution in [0.15, 0.2) is 66.1 Å². The van der Waals surface area contributed by atoms with E-state index in [2.05, 4.69) is 10.3 Å². The molecule has 2 aromatic carbocycles. The van der Waals surface area contributed by atoms with Gasteiger partial charge in [-0.3, -0.25) is 19.6 Å². The van der Waals surface area contributed by atoms with Crippen LogP contribution in [0.4, 0.5) is 40.8 Å². The highest BCUT2D eigenvalue weighted by atomic mass is 19.4. The summed E-state index contributed by atoms with van der Waals surface area (Å²) in [5.41, 5.74) is -6.63. The van der Waals surface area contributed by atoms with Gasteiger partial charge in [-0.2, -0.15) is 31.4 Å². The Morgan fingerprint density at radius 3 is 2.28 bits per heavy atom. The number of carbonyl (C=O) groups excluding carboxylic acids is 2. The fourth-order valence-electron chi connectivity index (χ4n) is 5.98. The molecule has 1 saturated heterocycles. The predicted octanol–water partition coefficient (Wildman–Crippen LogP) is 7.41. The highest BCUT2D eigenvalue weighted by Crippen LogP contribution is 2.49. The second-order valence-electron chi connectivity index (χ2n) is 11.8. The maximum Gasteiger partial charge on any atom is 0.433 e. The first kappa shape index (κ1) is 32.9. The van der Waals surface area contributed by atoms with Crippen LogP contribution in [0.2, 0.25) is 0 Å². The van der Waals surface area contributed by atoms with Gasteiger partial charge >= 0.3 is 12.4 Å². The zero-order valence-electron chi connectivity index (χ0n) is 24.4. The Bertz CT molecular complexity index is 1750. The number of fused-ring (bicyclic) bond motifs is 1. The highest BCUT2D eigenvalue weighted by molar-refractivity contribution is 6.24. The number of alkyl halides is 6. The Morgan fingerprint density at radius 2 is 1.67 bits per heavy atom. The van der Waals surface area contributed by atoms with Crippen LogP contribution in [0.1, 0.15) is 50.4 Å². The molecule has 5 rings (SSSR count). The van der Waals surface area contributed by atoms with Crippen molar-refractivity contribution in [2.45, 2.75) is 63.6 Å². The van der Waals surface area contributed by atoms with Gasteiger partial charge in [-0.15, -0.1) is 0 Å². The molecule has 0 radical (unpaired) electrons. The molecular formula is C31H26F8N4O3. The molecule has 2 aliphatic rings. The van der Waals surface area contributed by atoms with Crippen LogP contribution in [-0.2, 0) is 28.5 Å². The first-order valence-electron chi connectivity index (χ1n) is 13.8. The Morgan fingerprint density at radius 1 is 0.978 bits per heavy atom. The number of hydrogen-bond donors (Lipinski definition) is 2. The lowest BCUT2D eigenvalue weighted by Gasteiger charge is -2.51. The van der Waals surface area contributed by atoms with Gasteiger partial charge in [0, 0.05) is 34.1 Å².